The van der Waals surface area contributed by atoms with Crippen molar-refractivity contribution < 1.29 is 27.4 Å². The van der Waals surface area contributed by atoms with Crippen LogP contribution in [-0.4, -0.2) is 57.1 Å². The fraction of sp³-hybridized carbons (Fsp3) is 0.367. The Morgan fingerprint density at radius 1 is 1.07 bits per heavy atom. The van der Waals surface area contributed by atoms with Gasteiger partial charge in [0.1, 0.15) is 41.2 Å². The molecule has 0 saturated heterocycles. The maximum absolute atomic E-state index is 14.9. The van der Waals surface area contributed by atoms with E-state index in [4.69, 9.17) is 15.2 Å². The smallest absolute Gasteiger partial charge is 0.185 e. The van der Waals surface area contributed by atoms with Gasteiger partial charge in [0.15, 0.2) is 5.78 Å². The van der Waals surface area contributed by atoms with Gasteiger partial charge in [-0.15, -0.1) is 5.10 Å². The van der Waals surface area contributed by atoms with Crippen molar-refractivity contribution >= 4 is 5.78 Å². The minimum absolute atomic E-state index is 0.00396. The molecule has 5 rings (SSSR count). The van der Waals surface area contributed by atoms with Crippen molar-refractivity contribution in [1.29, 1.82) is 0 Å². The molecule has 1 aliphatic carbocycles. The molecule has 1 fully saturated rings. The summed E-state index contributed by atoms with van der Waals surface area (Å²) in [5.41, 5.74) is 6.81. The Hall–Kier alpha value is -4.16. The first-order chi connectivity index (χ1) is 20.3. The molecular formula is C30H31F3N6O3. The summed E-state index contributed by atoms with van der Waals surface area (Å²) in [6.07, 6.45) is 8.14. The van der Waals surface area contributed by atoms with E-state index in [9.17, 15) is 18.0 Å². The second-order valence-corrected chi connectivity index (χ2v) is 10.5. The van der Waals surface area contributed by atoms with Gasteiger partial charge in [-0.2, -0.15) is 0 Å². The van der Waals surface area contributed by atoms with E-state index in [1.807, 2.05) is 12.3 Å². The summed E-state index contributed by atoms with van der Waals surface area (Å²) < 4.78 is 56.6. The number of aromatic nitrogens is 5. The Kier molecular flexibility index (Phi) is 8.93. The zero-order chi connectivity index (χ0) is 29.8. The fourth-order valence-electron chi connectivity index (χ4n) is 5.78. The van der Waals surface area contributed by atoms with Gasteiger partial charge in [0.25, 0.3) is 0 Å². The first kappa shape index (κ1) is 29.3. The van der Waals surface area contributed by atoms with Crippen molar-refractivity contribution in [2.24, 2.45) is 11.7 Å². The van der Waals surface area contributed by atoms with E-state index in [0.717, 1.165) is 30.2 Å². The van der Waals surface area contributed by atoms with Crippen LogP contribution in [-0.2, 0) is 11.2 Å². The monoisotopic (exact) mass is 580 g/mol. The van der Waals surface area contributed by atoms with Crippen LogP contribution in [0.15, 0.2) is 55.1 Å². The van der Waals surface area contributed by atoms with Gasteiger partial charge in [-0.05, 0) is 54.0 Å². The topological polar surface area (TPSA) is 118 Å². The van der Waals surface area contributed by atoms with Crippen LogP contribution in [0.3, 0.4) is 0 Å². The molecule has 3 aromatic heterocycles. The van der Waals surface area contributed by atoms with Crippen LogP contribution in [0.2, 0.25) is 0 Å². The number of pyridine rings is 2. The summed E-state index contributed by atoms with van der Waals surface area (Å²) in [5, 5.41) is 8.04. The van der Waals surface area contributed by atoms with Crippen LogP contribution < -0.4 is 10.5 Å². The number of carbonyl (C=O) groups excluding carboxylic acids is 1. The van der Waals surface area contributed by atoms with Gasteiger partial charge in [0.05, 0.1) is 24.4 Å². The van der Waals surface area contributed by atoms with Gasteiger partial charge in [0.2, 0.25) is 0 Å². The van der Waals surface area contributed by atoms with Crippen molar-refractivity contribution in [2.45, 2.75) is 44.2 Å². The summed E-state index contributed by atoms with van der Waals surface area (Å²) in [6.45, 7) is 2.42. The highest BCUT2D eigenvalue weighted by Crippen LogP contribution is 2.42. The normalized spacial score (nSPS) is 20.4. The van der Waals surface area contributed by atoms with Crippen LogP contribution in [0.25, 0.3) is 11.3 Å². The standard InChI is InChI=1S/C30H31F3N6O3/c1-17-11-18(12-25(34)30(17)39-8-7-36-38-39)21-5-6-35-16-19(21)13-27(40)26-4-3-22(31)29(37-26)28-23(32)14-20(15-24(28)33)42-10-9-41-2/h3-8,14-18,25,30H,9-13,34H2,1-2H3/t17-,18?,25+,30-/m0/s1. The number of methoxy groups -OCH3 is 1. The Balaban J connectivity index is 1.37. The maximum Gasteiger partial charge on any atom is 0.185 e. The lowest BCUT2D eigenvalue weighted by molar-refractivity contribution is 0.0987. The number of hydrogen-bond donors (Lipinski definition) is 1. The molecule has 220 valence electrons. The second kappa shape index (κ2) is 12.8. The molecule has 1 saturated carbocycles. The van der Waals surface area contributed by atoms with Gasteiger partial charge >= 0.3 is 0 Å². The first-order valence-corrected chi connectivity index (χ1v) is 13.6. The first-order valence-electron chi connectivity index (χ1n) is 13.6. The van der Waals surface area contributed by atoms with Gasteiger partial charge in [-0.1, -0.05) is 12.1 Å². The minimum atomic E-state index is -1.07. The molecular weight excluding hydrogens is 549 g/mol. The summed E-state index contributed by atoms with van der Waals surface area (Å²) >= 11 is 0. The molecule has 4 atom stereocenters. The molecule has 0 aliphatic heterocycles. The third kappa shape index (κ3) is 6.19. The predicted octanol–water partition coefficient (Wildman–Crippen LogP) is 4.69. The van der Waals surface area contributed by atoms with Crippen LogP contribution in [0.4, 0.5) is 13.2 Å². The molecule has 9 nitrogen and oxygen atoms in total. The second-order valence-electron chi connectivity index (χ2n) is 10.5. The van der Waals surface area contributed by atoms with Crippen LogP contribution >= 0.6 is 0 Å². The van der Waals surface area contributed by atoms with Crippen LogP contribution in [0, 0.1) is 23.4 Å². The average molecular weight is 581 g/mol. The van der Waals surface area contributed by atoms with E-state index in [1.165, 1.54) is 13.2 Å². The number of carbonyl (C=O) groups is 1. The highest BCUT2D eigenvalue weighted by Gasteiger charge is 2.36. The highest BCUT2D eigenvalue weighted by molar-refractivity contribution is 5.96. The Bertz CT molecular complexity index is 1520. The number of nitrogens with two attached hydrogens (primary N) is 1. The number of hydrogen-bond acceptors (Lipinski definition) is 8. The zero-order valence-corrected chi connectivity index (χ0v) is 23.2. The van der Waals surface area contributed by atoms with Crippen molar-refractivity contribution in [1.82, 2.24) is 25.0 Å². The molecule has 0 bridgehead atoms. The fourth-order valence-corrected chi connectivity index (χ4v) is 5.78. The molecule has 1 unspecified atom stereocenters. The third-order valence-corrected chi connectivity index (χ3v) is 7.65. The average Bonchev–Trinajstić information content (AvgIpc) is 3.48. The Morgan fingerprint density at radius 3 is 2.55 bits per heavy atom. The molecule has 12 heteroatoms. The lowest BCUT2D eigenvalue weighted by Gasteiger charge is -2.39. The van der Waals surface area contributed by atoms with E-state index in [2.05, 4.69) is 27.2 Å². The van der Waals surface area contributed by atoms with E-state index >= 15 is 0 Å². The third-order valence-electron chi connectivity index (χ3n) is 7.65. The van der Waals surface area contributed by atoms with Gasteiger partial charge in [-0.25, -0.2) is 22.8 Å². The summed E-state index contributed by atoms with van der Waals surface area (Å²) in [5.74, 6) is -3.36. The molecule has 2 N–H and O–H groups in total. The summed E-state index contributed by atoms with van der Waals surface area (Å²) in [7, 11) is 1.47. The van der Waals surface area contributed by atoms with Gasteiger partial charge < -0.3 is 15.2 Å². The predicted molar refractivity (Wildman–Crippen MR) is 147 cm³/mol. The SMILES string of the molecule is COCCOc1cc(F)c(-c2nc(C(=O)Cc3cnccc3C3C[C@@H](N)[C@@H](n4ccnn4)[C@@H](C)C3)ccc2F)c(F)c1. The van der Waals surface area contributed by atoms with Gasteiger partial charge in [-0.3, -0.25) is 9.78 Å². The van der Waals surface area contributed by atoms with Crippen LogP contribution in [0.1, 0.15) is 53.3 Å². The van der Waals surface area contributed by atoms with E-state index < -0.39 is 34.5 Å². The van der Waals surface area contributed by atoms with Crippen molar-refractivity contribution in [2.75, 3.05) is 20.3 Å². The van der Waals surface area contributed by atoms with E-state index in [0.29, 0.717) is 12.0 Å². The number of rotatable bonds is 10. The quantitative estimate of drug-likeness (QED) is 0.212. The Labute approximate surface area is 240 Å². The summed E-state index contributed by atoms with van der Waals surface area (Å²) in [4.78, 5) is 21.6. The molecule has 4 aromatic rings. The van der Waals surface area contributed by atoms with Crippen molar-refractivity contribution in [3.63, 3.8) is 0 Å². The molecule has 0 amide bonds. The van der Waals surface area contributed by atoms with Crippen LogP contribution in [0.5, 0.6) is 5.75 Å². The Morgan fingerprint density at radius 2 is 1.86 bits per heavy atom. The molecule has 0 spiro atoms. The van der Waals surface area contributed by atoms with Crippen molar-refractivity contribution in [3.8, 4) is 17.0 Å². The summed E-state index contributed by atoms with van der Waals surface area (Å²) in [6, 6.07) is 5.77. The largest absolute Gasteiger partial charge is 0.491 e. The minimum Gasteiger partial charge on any atom is -0.491 e. The van der Waals surface area contributed by atoms with E-state index in [-0.39, 0.29) is 55.0 Å². The molecule has 0 radical (unpaired) electrons. The number of Topliss-reactive ketones (excluding diaryl/α,β-unsaturated/α-hetero) is 1. The maximum atomic E-state index is 14.9. The number of benzene rings is 1. The lowest BCUT2D eigenvalue weighted by atomic mass is 9.72. The molecule has 1 aliphatic rings. The molecule has 42 heavy (non-hydrogen) atoms. The number of ketones is 1. The molecule has 1 aromatic carbocycles. The number of halogens is 3. The lowest BCUT2D eigenvalue weighted by Crippen LogP contribution is -2.42. The zero-order valence-electron chi connectivity index (χ0n) is 23.2. The molecule has 3 heterocycles. The highest BCUT2D eigenvalue weighted by atomic mass is 19.1. The van der Waals surface area contributed by atoms with Gasteiger partial charge in [0, 0.05) is 50.3 Å². The number of nitrogens with zero attached hydrogens (tertiary/aromatic N) is 5. The van der Waals surface area contributed by atoms with E-state index in [1.54, 1.807) is 23.3 Å². The van der Waals surface area contributed by atoms with Crippen molar-refractivity contribution in [3.05, 3.63) is 89.4 Å². The number of ether oxygens (including phenoxy) is 2.